The Kier molecular flexibility index (Phi) is 6.02. The lowest BCUT2D eigenvalue weighted by atomic mass is 10.00. The molecular formula is C14H22ClN3O3. The second-order valence-corrected chi connectivity index (χ2v) is 5.52. The molecule has 1 aliphatic heterocycles. The van der Waals surface area contributed by atoms with Crippen LogP contribution in [0.2, 0.25) is 5.02 Å². The molecule has 2 atom stereocenters. The van der Waals surface area contributed by atoms with Gasteiger partial charge in [-0.25, -0.2) is 4.68 Å². The minimum absolute atomic E-state index is 0.174. The first-order valence-electron chi connectivity index (χ1n) is 7.27. The normalized spacial score (nSPS) is 21.7. The third kappa shape index (κ3) is 3.96. The van der Waals surface area contributed by atoms with E-state index in [-0.39, 0.29) is 16.7 Å². The second-order valence-electron chi connectivity index (χ2n) is 5.14. The van der Waals surface area contributed by atoms with E-state index in [1.54, 1.807) is 13.3 Å². The van der Waals surface area contributed by atoms with Gasteiger partial charge in [0, 0.05) is 26.2 Å². The van der Waals surface area contributed by atoms with Gasteiger partial charge in [-0.15, -0.1) is 0 Å². The van der Waals surface area contributed by atoms with Gasteiger partial charge >= 0.3 is 0 Å². The van der Waals surface area contributed by atoms with Gasteiger partial charge in [-0.05, 0) is 12.8 Å². The van der Waals surface area contributed by atoms with Crippen LogP contribution in [0.3, 0.4) is 0 Å². The van der Waals surface area contributed by atoms with Gasteiger partial charge in [0.2, 0.25) is 0 Å². The standard InChI is InChI=1S/C14H22ClN3O3/c1-3-12-10(4-6-21-12)8-16-11-9-17-18(5-7-20-2)14(19)13(11)15/h9-10,12,16H,3-8H2,1-2H3. The summed E-state index contributed by atoms with van der Waals surface area (Å²) in [7, 11) is 1.58. The van der Waals surface area contributed by atoms with Gasteiger partial charge < -0.3 is 14.8 Å². The van der Waals surface area contributed by atoms with E-state index >= 15 is 0 Å². The van der Waals surface area contributed by atoms with Gasteiger partial charge in [-0.2, -0.15) is 5.10 Å². The minimum Gasteiger partial charge on any atom is -0.383 e. The molecule has 2 heterocycles. The van der Waals surface area contributed by atoms with Crippen molar-refractivity contribution in [3.63, 3.8) is 0 Å². The van der Waals surface area contributed by atoms with Crippen molar-refractivity contribution in [1.29, 1.82) is 0 Å². The molecule has 1 aromatic rings. The van der Waals surface area contributed by atoms with Crippen molar-refractivity contribution in [3.05, 3.63) is 21.6 Å². The highest BCUT2D eigenvalue weighted by atomic mass is 35.5. The molecule has 21 heavy (non-hydrogen) atoms. The molecule has 1 aliphatic rings. The van der Waals surface area contributed by atoms with Crippen LogP contribution >= 0.6 is 11.6 Å². The maximum absolute atomic E-state index is 12.1. The molecule has 0 aliphatic carbocycles. The Morgan fingerprint density at radius 1 is 1.62 bits per heavy atom. The summed E-state index contributed by atoms with van der Waals surface area (Å²) in [5.41, 5.74) is 0.283. The van der Waals surface area contributed by atoms with Crippen LogP contribution in [0.25, 0.3) is 0 Å². The third-order valence-corrected chi connectivity index (χ3v) is 4.16. The van der Waals surface area contributed by atoms with Gasteiger partial charge in [0.15, 0.2) is 0 Å². The van der Waals surface area contributed by atoms with Crippen LogP contribution in [0.4, 0.5) is 5.69 Å². The van der Waals surface area contributed by atoms with Crippen molar-refractivity contribution in [2.75, 3.05) is 32.2 Å². The lowest BCUT2D eigenvalue weighted by Gasteiger charge is -2.18. The van der Waals surface area contributed by atoms with Crippen molar-refractivity contribution < 1.29 is 9.47 Å². The molecular weight excluding hydrogens is 294 g/mol. The van der Waals surface area contributed by atoms with Gasteiger partial charge in [0.05, 0.1) is 31.1 Å². The molecule has 0 bridgehead atoms. The molecule has 1 saturated heterocycles. The zero-order chi connectivity index (χ0) is 15.2. The number of anilines is 1. The Morgan fingerprint density at radius 3 is 3.14 bits per heavy atom. The van der Waals surface area contributed by atoms with Crippen LogP contribution in [-0.2, 0) is 16.0 Å². The van der Waals surface area contributed by atoms with Gasteiger partial charge in [0.25, 0.3) is 5.56 Å². The molecule has 0 radical (unpaired) electrons. The van der Waals surface area contributed by atoms with Crippen LogP contribution in [-0.4, -0.2) is 42.8 Å². The van der Waals surface area contributed by atoms with Crippen molar-refractivity contribution in [2.24, 2.45) is 5.92 Å². The molecule has 118 valence electrons. The molecule has 0 amide bonds. The van der Waals surface area contributed by atoms with Crippen LogP contribution in [0.1, 0.15) is 19.8 Å². The van der Waals surface area contributed by atoms with Crippen LogP contribution in [0.5, 0.6) is 0 Å². The predicted molar refractivity (Wildman–Crippen MR) is 82.0 cm³/mol. The Balaban J connectivity index is 2.00. The summed E-state index contributed by atoms with van der Waals surface area (Å²) >= 11 is 6.13. The Hall–Kier alpha value is -1.11. The molecule has 1 aromatic heterocycles. The number of hydrogen-bond donors (Lipinski definition) is 1. The van der Waals surface area contributed by atoms with Crippen molar-refractivity contribution in [3.8, 4) is 0 Å². The monoisotopic (exact) mass is 315 g/mol. The number of halogens is 1. The van der Waals surface area contributed by atoms with E-state index in [0.717, 1.165) is 26.0 Å². The van der Waals surface area contributed by atoms with E-state index in [0.29, 0.717) is 24.8 Å². The largest absolute Gasteiger partial charge is 0.383 e. The molecule has 0 spiro atoms. The Labute approximate surface area is 129 Å². The van der Waals surface area contributed by atoms with Crippen LogP contribution in [0, 0.1) is 5.92 Å². The first-order valence-corrected chi connectivity index (χ1v) is 7.65. The van der Waals surface area contributed by atoms with Gasteiger partial charge in [-0.3, -0.25) is 4.79 Å². The van der Waals surface area contributed by atoms with E-state index in [9.17, 15) is 4.79 Å². The molecule has 1 fully saturated rings. The molecule has 2 unspecified atom stereocenters. The fraction of sp³-hybridized carbons (Fsp3) is 0.714. The highest BCUT2D eigenvalue weighted by molar-refractivity contribution is 6.32. The number of hydrogen-bond acceptors (Lipinski definition) is 5. The van der Waals surface area contributed by atoms with Crippen LogP contribution < -0.4 is 10.9 Å². The van der Waals surface area contributed by atoms with E-state index in [4.69, 9.17) is 21.1 Å². The molecule has 6 nitrogen and oxygen atoms in total. The summed E-state index contributed by atoms with van der Waals surface area (Å²) in [5, 5.41) is 7.51. The van der Waals surface area contributed by atoms with E-state index < -0.39 is 0 Å². The lowest BCUT2D eigenvalue weighted by molar-refractivity contribution is 0.0900. The molecule has 2 rings (SSSR count). The van der Waals surface area contributed by atoms with Gasteiger partial charge in [0.1, 0.15) is 5.02 Å². The summed E-state index contributed by atoms with van der Waals surface area (Å²) in [6, 6.07) is 0. The van der Waals surface area contributed by atoms with E-state index in [2.05, 4.69) is 17.3 Å². The third-order valence-electron chi connectivity index (χ3n) is 3.80. The molecule has 1 N–H and O–H groups in total. The van der Waals surface area contributed by atoms with Gasteiger partial charge in [-0.1, -0.05) is 18.5 Å². The molecule has 0 aromatic carbocycles. The number of nitrogens with one attached hydrogen (secondary N) is 1. The zero-order valence-electron chi connectivity index (χ0n) is 12.5. The quantitative estimate of drug-likeness (QED) is 0.830. The van der Waals surface area contributed by atoms with E-state index in [1.807, 2.05) is 0 Å². The first kappa shape index (κ1) is 16.3. The number of ether oxygens (including phenoxy) is 2. The average Bonchev–Trinajstić information content (AvgIpc) is 2.95. The predicted octanol–water partition coefficient (Wildman–Crippen LogP) is 1.77. The smallest absolute Gasteiger partial charge is 0.287 e. The van der Waals surface area contributed by atoms with E-state index in [1.165, 1.54) is 4.68 Å². The fourth-order valence-corrected chi connectivity index (χ4v) is 2.76. The highest BCUT2D eigenvalue weighted by Crippen LogP contribution is 2.24. The summed E-state index contributed by atoms with van der Waals surface area (Å²) in [4.78, 5) is 12.1. The SMILES string of the molecule is CCC1OCCC1CNc1cnn(CCOC)c(=O)c1Cl. The second kappa shape index (κ2) is 7.77. The average molecular weight is 316 g/mol. The fourth-order valence-electron chi connectivity index (χ4n) is 2.54. The maximum Gasteiger partial charge on any atom is 0.287 e. The number of nitrogens with zero attached hydrogens (tertiary/aromatic N) is 2. The summed E-state index contributed by atoms with van der Waals surface area (Å²) in [6.07, 6.45) is 3.90. The lowest BCUT2D eigenvalue weighted by Crippen LogP contribution is -2.27. The van der Waals surface area contributed by atoms with Crippen molar-refractivity contribution in [1.82, 2.24) is 9.78 Å². The Morgan fingerprint density at radius 2 is 2.43 bits per heavy atom. The van der Waals surface area contributed by atoms with Crippen molar-refractivity contribution >= 4 is 17.3 Å². The molecule has 7 heteroatoms. The summed E-state index contributed by atoms with van der Waals surface area (Å²) in [6.45, 7) is 4.47. The first-order chi connectivity index (χ1) is 10.2. The number of rotatable bonds is 7. The summed E-state index contributed by atoms with van der Waals surface area (Å²) in [5.74, 6) is 0.446. The summed E-state index contributed by atoms with van der Waals surface area (Å²) < 4.78 is 11.9. The number of aromatic nitrogens is 2. The minimum atomic E-state index is -0.298. The zero-order valence-corrected chi connectivity index (χ0v) is 13.2. The Bertz CT molecular complexity index is 521. The highest BCUT2D eigenvalue weighted by Gasteiger charge is 2.26. The van der Waals surface area contributed by atoms with Crippen molar-refractivity contribution in [2.45, 2.75) is 32.4 Å². The maximum atomic E-state index is 12.1. The molecule has 0 saturated carbocycles. The topological polar surface area (TPSA) is 65.4 Å². The van der Waals surface area contributed by atoms with Crippen LogP contribution in [0.15, 0.2) is 11.0 Å². The number of methoxy groups -OCH3 is 1.